The van der Waals surface area contributed by atoms with Gasteiger partial charge in [0, 0.05) is 18.2 Å². The van der Waals surface area contributed by atoms with Crippen LogP contribution >= 0.6 is 0 Å². The van der Waals surface area contributed by atoms with Crippen molar-refractivity contribution >= 4 is 17.7 Å². The average molecular weight is 251 g/mol. The lowest BCUT2D eigenvalue weighted by molar-refractivity contribution is -0.137. The van der Waals surface area contributed by atoms with Crippen molar-refractivity contribution in [3.63, 3.8) is 0 Å². The number of allylic oxidation sites excluding steroid dienone is 1. The molecule has 0 fully saturated rings. The Labute approximate surface area is 105 Å². The summed E-state index contributed by atoms with van der Waals surface area (Å²) in [6.07, 6.45) is 2.12. The zero-order valence-electron chi connectivity index (χ0n) is 10.5. The maximum absolute atomic E-state index is 11.8. The second kappa shape index (κ2) is 6.00. The number of amides is 1. The number of rotatable bonds is 6. The van der Waals surface area contributed by atoms with Crippen LogP contribution in [0.15, 0.2) is 24.4 Å². The first-order valence-electron chi connectivity index (χ1n) is 5.59. The summed E-state index contributed by atoms with van der Waals surface area (Å²) in [5.41, 5.74) is 0.939. The molecule has 0 saturated heterocycles. The van der Waals surface area contributed by atoms with Crippen LogP contribution in [0.25, 0.3) is 0 Å². The Morgan fingerprint density at radius 1 is 1.61 bits per heavy atom. The van der Waals surface area contributed by atoms with Gasteiger partial charge in [-0.3, -0.25) is 14.3 Å². The monoisotopic (exact) mass is 251 g/mol. The smallest absolute Gasteiger partial charge is 0.325 e. The maximum Gasteiger partial charge on any atom is 0.325 e. The first-order valence-corrected chi connectivity index (χ1v) is 5.59. The molecule has 0 spiro atoms. The number of carbonyl (C=O) groups excluding carboxylic acids is 1. The number of hydrogen-bond donors (Lipinski definition) is 2. The molecular formula is C12H17N3O3. The lowest BCUT2D eigenvalue weighted by atomic mass is 10.0. The van der Waals surface area contributed by atoms with Gasteiger partial charge >= 0.3 is 5.97 Å². The molecule has 1 heterocycles. The summed E-state index contributed by atoms with van der Waals surface area (Å²) in [5, 5.41) is 15.2. The minimum atomic E-state index is -0.980. The summed E-state index contributed by atoms with van der Waals surface area (Å²) in [4.78, 5) is 22.2. The van der Waals surface area contributed by atoms with Crippen LogP contribution in [0.1, 0.15) is 20.3 Å². The number of carboxylic acid groups (broad SMARTS) is 1. The van der Waals surface area contributed by atoms with Crippen molar-refractivity contribution in [1.29, 1.82) is 0 Å². The Kier molecular flexibility index (Phi) is 4.65. The number of aliphatic carboxylic acids is 1. The Bertz CT molecular complexity index is 465. The highest BCUT2D eigenvalue weighted by Crippen LogP contribution is 2.12. The van der Waals surface area contributed by atoms with Crippen molar-refractivity contribution in [2.45, 2.75) is 26.8 Å². The van der Waals surface area contributed by atoms with E-state index in [9.17, 15) is 9.59 Å². The van der Waals surface area contributed by atoms with Gasteiger partial charge in [0.15, 0.2) is 5.82 Å². The van der Waals surface area contributed by atoms with Gasteiger partial charge in [-0.25, -0.2) is 0 Å². The fourth-order valence-electron chi connectivity index (χ4n) is 1.52. The number of nitrogens with one attached hydrogen (secondary N) is 1. The van der Waals surface area contributed by atoms with Crippen LogP contribution < -0.4 is 5.32 Å². The van der Waals surface area contributed by atoms with Crippen molar-refractivity contribution in [2.75, 3.05) is 5.32 Å². The van der Waals surface area contributed by atoms with E-state index in [1.807, 2.05) is 6.92 Å². The minimum Gasteiger partial charge on any atom is -0.480 e. The summed E-state index contributed by atoms with van der Waals surface area (Å²) in [6, 6.07) is 1.56. The molecule has 2 N–H and O–H groups in total. The van der Waals surface area contributed by atoms with E-state index in [0.717, 1.165) is 5.57 Å². The lowest BCUT2D eigenvalue weighted by Crippen LogP contribution is -2.21. The van der Waals surface area contributed by atoms with Crippen molar-refractivity contribution in [3.05, 3.63) is 24.4 Å². The van der Waals surface area contributed by atoms with E-state index in [0.29, 0.717) is 12.2 Å². The van der Waals surface area contributed by atoms with Crippen LogP contribution in [0, 0.1) is 5.92 Å². The second-order valence-electron chi connectivity index (χ2n) is 4.34. The molecule has 0 radical (unpaired) electrons. The molecule has 0 aliphatic rings. The van der Waals surface area contributed by atoms with Crippen LogP contribution in [0.4, 0.5) is 5.82 Å². The van der Waals surface area contributed by atoms with E-state index in [4.69, 9.17) is 5.11 Å². The molecule has 1 amide bonds. The number of anilines is 1. The molecule has 18 heavy (non-hydrogen) atoms. The van der Waals surface area contributed by atoms with Crippen LogP contribution in [-0.2, 0) is 16.1 Å². The molecule has 0 aromatic carbocycles. The number of carbonyl (C=O) groups is 2. The molecule has 6 heteroatoms. The Morgan fingerprint density at radius 2 is 2.28 bits per heavy atom. The predicted molar refractivity (Wildman–Crippen MR) is 67.1 cm³/mol. The van der Waals surface area contributed by atoms with Gasteiger partial charge in [0.1, 0.15) is 6.54 Å². The minimum absolute atomic E-state index is 0.154. The van der Waals surface area contributed by atoms with E-state index in [1.54, 1.807) is 13.0 Å². The van der Waals surface area contributed by atoms with E-state index in [2.05, 4.69) is 17.0 Å². The highest BCUT2D eigenvalue weighted by atomic mass is 16.4. The van der Waals surface area contributed by atoms with Crippen LogP contribution in [0.5, 0.6) is 0 Å². The topological polar surface area (TPSA) is 84.2 Å². The zero-order chi connectivity index (χ0) is 13.7. The highest BCUT2D eigenvalue weighted by molar-refractivity contribution is 5.91. The summed E-state index contributed by atoms with van der Waals surface area (Å²) < 4.78 is 1.25. The second-order valence-corrected chi connectivity index (χ2v) is 4.34. The molecule has 0 saturated carbocycles. The number of carboxylic acids is 1. The van der Waals surface area contributed by atoms with E-state index in [1.165, 1.54) is 10.9 Å². The van der Waals surface area contributed by atoms with Crippen molar-refractivity contribution in [3.8, 4) is 0 Å². The van der Waals surface area contributed by atoms with Crippen molar-refractivity contribution < 1.29 is 14.7 Å². The summed E-state index contributed by atoms with van der Waals surface area (Å²) in [5.74, 6) is -0.966. The zero-order valence-corrected chi connectivity index (χ0v) is 10.5. The SMILES string of the molecule is C=C(C)CC(C)C(=O)Nc1ccn(CC(=O)O)n1. The molecule has 0 bridgehead atoms. The first-order chi connectivity index (χ1) is 8.38. The molecular weight excluding hydrogens is 234 g/mol. The largest absolute Gasteiger partial charge is 0.480 e. The van der Waals surface area contributed by atoms with Gasteiger partial charge in [-0.05, 0) is 13.3 Å². The number of hydrogen-bond acceptors (Lipinski definition) is 3. The fourth-order valence-corrected chi connectivity index (χ4v) is 1.52. The molecule has 0 aliphatic carbocycles. The lowest BCUT2D eigenvalue weighted by Gasteiger charge is -2.10. The van der Waals surface area contributed by atoms with E-state index >= 15 is 0 Å². The predicted octanol–water partition coefficient (Wildman–Crippen LogP) is 1.51. The molecule has 98 valence electrons. The van der Waals surface area contributed by atoms with Gasteiger partial charge in [0.2, 0.25) is 5.91 Å². The third kappa shape index (κ3) is 4.40. The third-order valence-corrected chi connectivity index (χ3v) is 2.29. The van der Waals surface area contributed by atoms with Crippen molar-refractivity contribution in [1.82, 2.24) is 9.78 Å². The van der Waals surface area contributed by atoms with Gasteiger partial charge in [-0.1, -0.05) is 12.5 Å². The molecule has 6 nitrogen and oxygen atoms in total. The molecule has 1 aromatic rings. The third-order valence-electron chi connectivity index (χ3n) is 2.29. The molecule has 1 aromatic heterocycles. The average Bonchev–Trinajstić information content (AvgIpc) is 2.63. The number of aromatic nitrogens is 2. The standard InChI is InChI=1S/C12H17N3O3/c1-8(2)6-9(3)12(18)13-10-4-5-15(14-10)7-11(16)17/h4-5,9H,1,6-7H2,2-3H3,(H,16,17)(H,13,14,18). The summed E-state index contributed by atoms with van der Waals surface area (Å²) in [7, 11) is 0. The van der Waals surface area contributed by atoms with Gasteiger partial charge in [-0.2, -0.15) is 5.10 Å². The first kappa shape index (κ1) is 14.0. The van der Waals surface area contributed by atoms with Gasteiger partial charge < -0.3 is 10.4 Å². The molecule has 1 unspecified atom stereocenters. The molecule has 0 aliphatic heterocycles. The maximum atomic E-state index is 11.8. The Morgan fingerprint density at radius 3 is 2.83 bits per heavy atom. The molecule has 1 atom stereocenters. The molecule has 1 rings (SSSR count). The normalized spacial score (nSPS) is 11.9. The van der Waals surface area contributed by atoms with Crippen LogP contribution in [0.2, 0.25) is 0 Å². The van der Waals surface area contributed by atoms with Gasteiger partial charge in [-0.15, -0.1) is 6.58 Å². The Balaban J connectivity index is 2.56. The summed E-state index contributed by atoms with van der Waals surface area (Å²) >= 11 is 0. The van der Waals surface area contributed by atoms with Gasteiger partial charge in [0.25, 0.3) is 0 Å². The Hall–Kier alpha value is -2.11. The van der Waals surface area contributed by atoms with Gasteiger partial charge in [0.05, 0.1) is 0 Å². The van der Waals surface area contributed by atoms with Crippen LogP contribution in [-0.4, -0.2) is 26.8 Å². The van der Waals surface area contributed by atoms with Crippen molar-refractivity contribution in [2.24, 2.45) is 5.92 Å². The quantitative estimate of drug-likeness (QED) is 0.750. The highest BCUT2D eigenvalue weighted by Gasteiger charge is 2.14. The van der Waals surface area contributed by atoms with Crippen LogP contribution in [0.3, 0.4) is 0 Å². The summed E-state index contributed by atoms with van der Waals surface area (Å²) in [6.45, 7) is 7.20. The van der Waals surface area contributed by atoms with E-state index in [-0.39, 0.29) is 18.4 Å². The fraction of sp³-hybridized carbons (Fsp3) is 0.417. The number of nitrogens with zero attached hydrogens (tertiary/aromatic N) is 2. The van der Waals surface area contributed by atoms with E-state index < -0.39 is 5.97 Å².